The normalized spacial score (nSPS) is 18.6. The van der Waals surface area contributed by atoms with E-state index >= 15 is 0 Å². The fourth-order valence-corrected chi connectivity index (χ4v) is 5.81. The van der Waals surface area contributed by atoms with E-state index in [0.29, 0.717) is 6.42 Å². The summed E-state index contributed by atoms with van der Waals surface area (Å²) in [6, 6.07) is 6.34. The van der Waals surface area contributed by atoms with Crippen LogP contribution >= 0.6 is 0 Å². The number of carbonyl (C=O) groups is 1. The molecule has 4 rings (SSSR count). The first-order valence-corrected chi connectivity index (χ1v) is 12.5. The second-order valence-electron chi connectivity index (χ2n) is 8.58. The summed E-state index contributed by atoms with van der Waals surface area (Å²) < 4.78 is 93.2. The molecule has 1 N–H and O–H groups in total. The molecule has 0 unspecified atom stereocenters. The van der Waals surface area contributed by atoms with E-state index < -0.39 is 45.5 Å². The lowest BCUT2D eigenvalue weighted by Gasteiger charge is -2.25. The number of carbonyl (C=O) groups excluding carboxylic acids is 1. The third kappa shape index (κ3) is 5.62. The molecule has 3 heterocycles. The molecule has 0 radical (unpaired) electrons. The Morgan fingerprint density at radius 1 is 1.08 bits per heavy atom. The molecule has 3 aromatic rings. The van der Waals surface area contributed by atoms with E-state index in [2.05, 4.69) is 15.3 Å². The first kappa shape index (κ1) is 26.6. The molecule has 2 atom stereocenters. The van der Waals surface area contributed by atoms with Crippen molar-refractivity contribution in [1.29, 1.82) is 0 Å². The van der Waals surface area contributed by atoms with E-state index in [1.807, 2.05) is 0 Å². The number of halogens is 5. The lowest BCUT2D eigenvalue weighted by molar-refractivity contribution is -0.141. The number of nitrogens with zero attached hydrogens (tertiary/aromatic N) is 3. The van der Waals surface area contributed by atoms with Crippen LogP contribution in [0.2, 0.25) is 0 Å². The zero-order chi connectivity index (χ0) is 27.0. The van der Waals surface area contributed by atoms with Gasteiger partial charge in [-0.2, -0.15) is 17.5 Å². The predicted octanol–water partition coefficient (Wildman–Crippen LogP) is 4.16. The summed E-state index contributed by atoms with van der Waals surface area (Å²) in [5.74, 6) is -2.30. The lowest BCUT2D eigenvalue weighted by atomic mass is 10.0. The van der Waals surface area contributed by atoms with Crippen molar-refractivity contribution in [2.45, 2.75) is 37.0 Å². The average molecular weight is 541 g/mol. The third-order valence-electron chi connectivity index (χ3n) is 6.06. The minimum Gasteiger partial charge on any atom is -0.349 e. The first-order chi connectivity index (χ1) is 17.4. The van der Waals surface area contributed by atoms with Gasteiger partial charge >= 0.3 is 6.18 Å². The van der Waals surface area contributed by atoms with Crippen molar-refractivity contribution < 1.29 is 35.2 Å². The van der Waals surface area contributed by atoms with Crippen LogP contribution in [0.5, 0.6) is 0 Å². The number of hydrogen-bond donors (Lipinski definition) is 1. The molecular weight excluding hydrogens is 519 g/mol. The van der Waals surface area contributed by atoms with E-state index in [1.54, 1.807) is 6.92 Å². The Morgan fingerprint density at radius 3 is 2.41 bits per heavy atom. The van der Waals surface area contributed by atoms with Crippen LogP contribution in [-0.2, 0) is 27.5 Å². The summed E-state index contributed by atoms with van der Waals surface area (Å²) in [4.78, 5) is 20.1. The molecule has 37 heavy (non-hydrogen) atoms. The van der Waals surface area contributed by atoms with E-state index in [-0.39, 0.29) is 40.7 Å². The smallest absolute Gasteiger partial charge is 0.349 e. The van der Waals surface area contributed by atoms with Crippen molar-refractivity contribution in [3.8, 4) is 11.1 Å². The van der Waals surface area contributed by atoms with Crippen molar-refractivity contribution in [3.05, 3.63) is 77.9 Å². The molecule has 196 valence electrons. The van der Waals surface area contributed by atoms with Gasteiger partial charge in [-0.3, -0.25) is 14.8 Å². The number of sulfonamides is 1. The van der Waals surface area contributed by atoms with Crippen LogP contribution in [0, 0.1) is 17.6 Å². The van der Waals surface area contributed by atoms with Gasteiger partial charge in [-0.25, -0.2) is 17.2 Å². The van der Waals surface area contributed by atoms with Gasteiger partial charge in [0.15, 0.2) is 0 Å². The highest BCUT2D eigenvalue weighted by atomic mass is 32.2. The van der Waals surface area contributed by atoms with Gasteiger partial charge in [-0.15, -0.1) is 0 Å². The van der Waals surface area contributed by atoms with Crippen molar-refractivity contribution in [1.82, 2.24) is 19.6 Å². The van der Waals surface area contributed by atoms with E-state index in [0.717, 1.165) is 53.1 Å². The second-order valence-corrected chi connectivity index (χ2v) is 10.5. The van der Waals surface area contributed by atoms with Gasteiger partial charge in [-0.05, 0) is 48.7 Å². The second kappa shape index (κ2) is 10.1. The summed E-state index contributed by atoms with van der Waals surface area (Å²) in [6.45, 7) is 1.64. The number of benzene rings is 1. The quantitative estimate of drug-likeness (QED) is 0.475. The third-order valence-corrected chi connectivity index (χ3v) is 7.96. The van der Waals surface area contributed by atoms with E-state index in [1.165, 1.54) is 6.07 Å². The Hall–Kier alpha value is -3.45. The molecule has 1 aliphatic heterocycles. The maximum absolute atomic E-state index is 14.4. The molecule has 1 aliphatic rings. The Kier molecular flexibility index (Phi) is 7.29. The number of rotatable bonds is 6. The van der Waals surface area contributed by atoms with Crippen LogP contribution in [-0.4, -0.2) is 41.2 Å². The van der Waals surface area contributed by atoms with Crippen LogP contribution in [0.3, 0.4) is 0 Å². The fourth-order valence-electron chi connectivity index (χ4n) is 4.12. The minimum absolute atomic E-state index is 0.0600. The van der Waals surface area contributed by atoms with Crippen molar-refractivity contribution in [3.63, 3.8) is 0 Å². The molecule has 0 spiro atoms. The van der Waals surface area contributed by atoms with Gasteiger partial charge in [0.1, 0.15) is 23.4 Å². The van der Waals surface area contributed by atoms with Gasteiger partial charge in [-0.1, -0.05) is 13.0 Å². The highest BCUT2D eigenvalue weighted by Crippen LogP contribution is 2.31. The van der Waals surface area contributed by atoms with Crippen LogP contribution in [0.15, 0.2) is 59.8 Å². The fraction of sp³-hybridized carbons (Fsp3) is 0.292. The van der Waals surface area contributed by atoms with E-state index in [4.69, 9.17) is 0 Å². The van der Waals surface area contributed by atoms with Gasteiger partial charge in [0.25, 0.3) is 0 Å². The Balaban J connectivity index is 1.50. The molecule has 2 aromatic heterocycles. The number of amides is 1. The zero-order valence-electron chi connectivity index (χ0n) is 19.3. The van der Waals surface area contributed by atoms with Crippen molar-refractivity contribution in [2.24, 2.45) is 5.92 Å². The zero-order valence-corrected chi connectivity index (χ0v) is 20.2. The Labute approximate surface area is 209 Å². The van der Waals surface area contributed by atoms with Gasteiger partial charge < -0.3 is 5.32 Å². The number of alkyl halides is 3. The van der Waals surface area contributed by atoms with E-state index in [9.17, 15) is 35.2 Å². The lowest BCUT2D eigenvalue weighted by Crippen LogP contribution is -2.47. The summed E-state index contributed by atoms with van der Waals surface area (Å²) in [5, 5.41) is 2.61. The first-order valence-electron chi connectivity index (χ1n) is 11.1. The molecule has 0 aliphatic carbocycles. The average Bonchev–Trinajstić information content (AvgIpc) is 3.25. The molecule has 7 nitrogen and oxygen atoms in total. The summed E-state index contributed by atoms with van der Waals surface area (Å²) in [5.41, 5.74) is -0.899. The van der Waals surface area contributed by atoms with Crippen molar-refractivity contribution >= 4 is 15.9 Å². The minimum atomic E-state index is -4.64. The maximum Gasteiger partial charge on any atom is 0.433 e. The number of hydrogen-bond acceptors (Lipinski definition) is 5. The number of pyridine rings is 2. The summed E-state index contributed by atoms with van der Waals surface area (Å²) in [7, 11) is -4.07. The molecule has 0 saturated carbocycles. The van der Waals surface area contributed by atoms with Gasteiger partial charge in [0.2, 0.25) is 15.9 Å². The molecule has 1 aromatic carbocycles. The maximum atomic E-state index is 14.4. The monoisotopic (exact) mass is 540 g/mol. The predicted molar refractivity (Wildman–Crippen MR) is 122 cm³/mol. The van der Waals surface area contributed by atoms with Gasteiger partial charge in [0.05, 0.1) is 23.3 Å². The molecular formula is C24H21F5N4O3S. The highest BCUT2D eigenvalue weighted by Gasteiger charge is 2.43. The highest BCUT2D eigenvalue weighted by molar-refractivity contribution is 7.89. The standard InChI is InChI=1S/C24H21F5N4O3S/c1-14-8-9-33(37(35,36)18-5-3-16(25)4-6-18)22(14)23(34)32-12-17-10-19(20(26)13-30-17)15-2-7-21(31-11-15)24(27,28)29/h2-7,10-11,13-14,22H,8-9,12H2,1H3,(H,32,34)/t14-,22-/m0/s1. The van der Waals surface area contributed by atoms with Crippen LogP contribution < -0.4 is 5.32 Å². The largest absolute Gasteiger partial charge is 0.433 e. The van der Waals surface area contributed by atoms with Gasteiger partial charge in [0, 0.05) is 23.9 Å². The van der Waals surface area contributed by atoms with Crippen LogP contribution in [0.4, 0.5) is 22.0 Å². The molecule has 1 saturated heterocycles. The summed E-state index contributed by atoms with van der Waals surface area (Å²) >= 11 is 0. The molecule has 0 bridgehead atoms. The topological polar surface area (TPSA) is 92.3 Å². The molecule has 1 fully saturated rings. The number of nitrogens with one attached hydrogen (secondary N) is 1. The SMILES string of the molecule is C[C@H]1CCN(S(=O)(=O)c2ccc(F)cc2)[C@@H]1C(=O)NCc1cc(-c2ccc(C(F)(F)F)nc2)c(F)cn1. The number of aromatic nitrogens is 2. The van der Waals surface area contributed by atoms with Crippen molar-refractivity contribution in [2.75, 3.05) is 6.54 Å². The Bertz CT molecular complexity index is 1400. The van der Waals surface area contributed by atoms with Crippen LogP contribution in [0.25, 0.3) is 11.1 Å². The molecule has 13 heteroatoms. The Morgan fingerprint density at radius 2 is 1.78 bits per heavy atom. The molecule has 1 amide bonds. The summed E-state index contributed by atoms with van der Waals surface area (Å²) in [6.07, 6.45) is -2.45. The van der Waals surface area contributed by atoms with Crippen LogP contribution in [0.1, 0.15) is 24.7 Å².